The van der Waals surface area contributed by atoms with Gasteiger partial charge in [0.25, 0.3) is 18.2 Å². The van der Waals surface area contributed by atoms with Crippen molar-refractivity contribution in [1.29, 1.82) is 0 Å². The van der Waals surface area contributed by atoms with Crippen LogP contribution in [0.25, 0.3) is 20.5 Å². The summed E-state index contributed by atoms with van der Waals surface area (Å²) in [4.78, 5) is 1.88. The molecule has 1 aliphatic heterocycles. The number of fused-ring (bicyclic) bond motifs is 1. The number of piperidine rings is 1. The molecule has 3 aromatic carbocycles. The average molecular weight is 724 g/mol. The van der Waals surface area contributed by atoms with E-state index in [1.807, 2.05) is 58.1 Å². The van der Waals surface area contributed by atoms with Crippen LogP contribution in [0, 0.1) is 5.82 Å². The van der Waals surface area contributed by atoms with E-state index < -0.39 is 40.1 Å². The molecule has 0 radical (unpaired) electrons. The van der Waals surface area contributed by atoms with E-state index in [1.165, 1.54) is 25.3 Å². The fraction of sp³-hybridized carbons (Fsp3) is 0.429. The van der Waals surface area contributed by atoms with Gasteiger partial charge in [0, 0.05) is 21.5 Å². The number of rotatable bonds is 10. The molecule has 1 aromatic heterocycles. The van der Waals surface area contributed by atoms with Gasteiger partial charge in [-0.1, -0.05) is 45.4 Å². The third-order valence-electron chi connectivity index (χ3n) is 9.25. The van der Waals surface area contributed by atoms with Gasteiger partial charge in [-0.15, -0.1) is 11.3 Å². The first-order valence-electron chi connectivity index (χ1n) is 15.9. The molecule has 1 aliphatic rings. The van der Waals surface area contributed by atoms with Crippen molar-refractivity contribution in [2.75, 3.05) is 26.2 Å². The zero-order valence-electron chi connectivity index (χ0n) is 27.7. The molecule has 0 amide bonds. The topological polar surface area (TPSA) is 76.1 Å². The summed E-state index contributed by atoms with van der Waals surface area (Å²) in [6.07, 6.45) is 3.91. The average Bonchev–Trinajstić information content (AvgIpc) is 3.37. The molecule has 1 N–H and O–H groups in total. The van der Waals surface area contributed by atoms with Gasteiger partial charge in [0.15, 0.2) is 5.82 Å². The second kappa shape index (κ2) is 13.6. The number of likely N-dealkylation sites (tertiary alicyclic amines) is 1. The Kier molecular flexibility index (Phi) is 10.3. The van der Waals surface area contributed by atoms with Crippen LogP contribution < -0.4 is 9.16 Å². The predicted molar refractivity (Wildman–Crippen MR) is 185 cm³/mol. The first kappa shape index (κ1) is 36.2. The molecule has 0 bridgehead atoms. The van der Waals surface area contributed by atoms with Gasteiger partial charge in [-0.05, 0) is 104 Å². The highest BCUT2D eigenvalue weighted by molar-refractivity contribution is 7.92. The maximum Gasteiger partial charge on any atom is 0.501 e. The molecule has 0 saturated carbocycles. The maximum atomic E-state index is 15.1. The minimum atomic E-state index is -5.72. The lowest BCUT2D eigenvalue weighted by atomic mass is 9.98. The Labute approximate surface area is 284 Å². The number of alkyl halides is 3. The first-order chi connectivity index (χ1) is 22.4. The second-order valence-corrected chi connectivity index (χ2v) is 21.5. The highest BCUT2D eigenvalue weighted by Crippen LogP contribution is 2.47. The number of hydrogen-bond donors (Lipinski definition) is 1. The van der Waals surface area contributed by atoms with E-state index in [1.54, 1.807) is 12.1 Å². The minimum absolute atomic E-state index is 0.0538. The zero-order chi connectivity index (χ0) is 35.1. The van der Waals surface area contributed by atoms with Crippen molar-refractivity contribution in [2.24, 2.45) is 0 Å². The summed E-state index contributed by atoms with van der Waals surface area (Å²) in [6.45, 7) is 13.6. The van der Waals surface area contributed by atoms with Crippen LogP contribution in [0.1, 0.15) is 51.2 Å². The first-order valence-corrected chi connectivity index (χ1v) is 21.1. The maximum absolute atomic E-state index is 15.1. The highest BCUT2D eigenvalue weighted by atomic mass is 32.2. The molecule has 1 fully saturated rings. The van der Waals surface area contributed by atoms with Crippen molar-refractivity contribution in [3.63, 3.8) is 0 Å². The largest absolute Gasteiger partial charge is 0.542 e. The molecule has 5 rings (SSSR count). The normalized spacial score (nSPS) is 15.2. The van der Waals surface area contributed by atoms with Crippen molar-refractivity contribution in [2.45, 2.75) is 75.0 Å². The van der Waals surface area contributed by atoms with E-state index >= 15 is 4.39 Å². The molecule has 1 saturated heterocycles. The molecular weight excluding hydrogens is 683 g/mol. The highest BCUT2D eigenvalue weighted by Gasteiger charge is 2.47. The summed E-state index contributed by atoms with van der Waals surface area (Å²) >= 11 is 1.03. The van der Waals surface area contributed by atoms with Gasteiger partial charge in [-0.2, -0.15) is 13.2 Å². The molecule has 4 aromatic rings. The van der Waals surface area contributed by atoms with E-state index in [4.69, 9.17) is 9.16 Å². The van der Waals surface area contributed by atoms with E-state index in [2.05, 4.69) is 4.90 Å². The lowest BCUT2D eigenvalue weighted by Crippen LogP contribution is -2.44. The molecule has 48 heavy (non-hydrogen) atoms. The SMILES string of the molecule is CC(C)(C)[Si](C)(C)Oc1cc(-c2sc3cc(S(=O)(=O)C(F)(F)F)cc(O)c3c2Cc2ccc(OCCN3CCCCC3)cc2)ccc1F. The van der Waals surface area contributed by atoms with Gasteiger partial charge in [0.05, 0.1) is 4.90 Å². The lowest BCUT2D eigenvalue weighted by Gasteiger charge is -2.36. The Bertz CT molecular complexity index is 1880. The zero-order valence-corrected chi connectivity index (χ0v) is 30.3. The molecule has 6 nitrogen and oxygen atoms in total. The third kappa shape index (κ3) is 7.69. The minimum Gasteiger partial charge on any atom is -0.542 e. The van der Waals surface area contributed by atoms with E-state index in [0.29, 0.717) is 34.4 Å². The van der Waals surface area contributed by atoms with Gasteiger partial charge < -0.3 is 14.3 Å². The van der Waals surface area contributed by atoms with Gasteiger partial charge >= 0.3 is 5.51 Å². The fourth-order valence-electron chi connectivity index (χ4n) is 5.47. The lowest BCUT2D eigenvalue weighted by molar-refractivity contribution is -0.0436. The number of ether oxygens (including phenoxy) is 1. The number of nitrogens with zero attached hydrogens (tertiary/aromatic N) is 1. The number of phenolic OH excluding ortho intramolecular Hbond substituents is 1. The van der Waals surface area contributed by atoms with Crippen LogP contribution in [0.15, 0.2) is 59.5 Å². The predicted octanol–water partition coefficient (Wildman–Crippen LogP) is 9.55. The monoisotopic (exact) mass is 723 g/mol. The standard InChI is InChI=1S/C35H41F4NO5S2Si/c1-34(2,3)48(4,5)45-30-20-24(11-14-28(30)36)33-27(32-29(41)21-26(22-31(32)46-33)47(42,43)35(37,38)39)19-23-9-12-25(13-10-23)44-18-17-40-15-7-6-8-16-40/h9-14,20-22,41H,6-8,15-19H2,1-5H3. The van der Waals surface area contributed by atoms with Crippen LogP contribution in [-0.2, 0) is 16.3 Å². The van der Waals surface area contributed by atoms with E-state index in [-0.39, 0.29) is 27.3 Å². The summed E-state index contributed by atoms with van der Waals surface area (Å²) in [5.41, 5.74) is -3.63. The summed E-state index contributed by atoms with van der Waals surface area (Å²) in [5, 5.41) is 11.1. The number of sulfone groups is 1. The van der Waals surface area contributed by atoms with Crippen molar-refractivity contribution < 1.29 is 40.2 Å². The van der Waals surface area contributed by atoms with Gasteiger partial charge in [-0.25, -0.2) is 12.8 Å². The molecule has 0 atom stereocenters. The Balaban J connectivity index is 1.53. The van der Waals surface area contributed by atoms with Crippen LogP contribution in [0.3, 0.4) is 0 Å². The second-order valence-electron chi connectivity index (χ2n) is 13.8. The van der Waals surface area contributed by atoms with Crippen LogP contribution in [0.4, 0.5) is 17.6 Å². The van der Waals surface area contributed by atoms with Gasteiger partial charge in [-0.3, -0.25) is 4.90 Å². The summed E-state index contributed by atoms with van der Waals surface area (Å²) in [5.74, 6) is -0.395. The number of thiophene rings is 1. The molecule has 0 unspecified atom stereocenters. The molecule has 0 spiro atoms. The van der Waals surface area contributed by atoms with Crippen molar-refractivity contribution >= 4 is 39.6 Å². The number of benzene rings is 3. The van der Waals surface area contributed by atoms with Crippen molar-refractivity contribution in [1.82, 2.24) is 4.90 Å². The molecule has 2 heterocycles. The Morgan fingerprint density at radius 3 is 2.25 bits per heavy atom. The van der Waals surface area contributed by atoms with Crippen molar-refractivity contribution in [3.8, 4) is 27.7 Å². The Morgan fingerprint density at radius 2 is 1.62 bits per heavy atom. The Hall–Kier alpha value is -3.13. The van der Waals surface area contributed by atoms with E-state index in [0.717, 1.165) is 42.6 Å². The summed E-state index contributed by atoms with van der Waals surface area (Å²) < 4.78 is 92.5. The number of phenols is 1. The number of hydrogen-bond acceptors (Lipinski definition) is 7. The molecule has 260 valence electrons. The van der Waals surface area contributed by atoms with Gasteiger partial charge in [0.1, 0.15) is 23.9 Å². The third-order valence-corrected chi connectivity index (χ3v) is 16.3. The van der Waals surface area contributed by atoms with Gasteiger partial charge in [0.2, 0.25) is 0 Å². The van der Waals surface area contributed by atoms with E-state index in [9.17, 15) is 26.7 Å². The molecular formula is C35H41F4NO5S2Si. The van der Waals surface area contributed by atoms with Crippen LogP contribution in [0.2, 0.25) is 18.1 Å². The number of halogens is 4. The fourth-order valence-corrected chi connectivity index (χ4v) is 8.64. The number of aromatic hydroxyl groups is 1. The summed E-state index contributed by atoms with van der Waals surface area (Å²) in [7, 11) is -8.17. The van der Waals surface area contributed by atoms with Crippen LogP contribution in [0.5, 0.6) is 17.2 Å². The Morgan fingerprint density at radius 1 is 0.958 bits per heavy atom. The molecule has 0 aliphatic carbocycles. The quantitative estimate of drug-likeness (QED) is 0.130. The van der Waals surface area contributed by atoms with Crippen LogP contribution in [-0.4, -0.2) is 58.5 Å². The summed E-state index contributed by atoms with van der Waals surface area (Å²) in [6, 6.07) is 13.4. The van der Waals surface area contributed by atoms with Crippen molar-refractivity contribution in [3.05, 3.63) is 71.5 Å². The molecule has 13 heteroatoms. The van der Waals surface area contributed by atoms with Crippen LogP contribution >= 0.6 is 11.3 Å². The smallest absolute Gasteiger partial charge is 0.501 e.